The van der Waals surface area contributed by atoms with Crippen molar-refractivity contribution in [3.63, 3.8) is 0 Å². The number of hydrogen-bond acceptors (Lipinski definition) is 7. The Bertz CT molecular complexity index is 1580. The molecule has 6 rings (SSSR count). The van der Waals surface area contributed by atoms with Crippen molar-refractivity contribution in [1.82, 2.24) is 14.4 Å². The zero-order valence-corrected chi connectivity index (χ0v) is 25.7. The van der Waals surface area contributed by atoms with Gasteiger partial charge in [0.25, 0.3) is 17.4 Å². The first-order chi connectivity index (χ1) is 19.9. The summed E-state index contributed by atoms with van der Waals surface area (Å²) < 4.78 is 20.7. The van der Waals surface area contributed by atoms with Crippen LogP contribution in [0, 0.1) is 23.6 Å². The summed E-state index contributed by atoms with van der Waals surface area (Å²) in [5, 5.41) is 11.1. The van der Waals surface area contributed by atoms with Gasteiger partial charge in [0, 0.05) is 24.6 Å². The van der Waals surface area contributed by atoms with Crippen molar-refractivity contribution in [2.24, 2.45) is 23.5 Å². The highest BCUT2D eigenvalue weighted by Crippen LogP contribution is 2.64. The van der Waals surface area contributed by atoms with Gasteiger partial charge in [0.05, 0.1) is 17.1 Å². The maximum absolute atomic E-state index is 14.2. The number of aromatic hydroxyl groups is 1. The number of fused-ring (bicyclic) bond motifs is 6. The number of carbonyl (C=O) groups is 3. The molecule has 2 aromatic rings. The van der Waals surface area contributed by atoms with Gasteiger partial charge in [-0.15, -0.1) is 12.4 Å². The van der Waals surface area contributed by atoms with Crippen LogP contribution in [0.25, 0.3) is 0 Å². The summed E-state index contributed by atoms with van der Waals surface area (Å²) in [6.45, 7) is 5.67. The summed E-state index contributed by atoms with van der Waals surface area (Å²) in [6, 6.07) is 3.35. The molecule has 2 amide bonds. The minimum Gasteiger partial charge on any atom is -0.502 e. The van der Waals surface area contributed by atoms with Gasteiger partial charge < -0.3 is 25.4 Å². The van der Waals surface area contributed by atoms with Crippen LogP contribution in [0.3, 0.4) is 0 Å². The van der Waals surface area contributed by atoms with Crippen LogP contribution in [0.15, 0.2) is 23.0 Å². The van der Waals surface area contributed by atoms with E-state index >= 15 is 0 Å². The average molecular weight is 638 g/mol. The van der Waals surface area contributed by atoms with Crippen molar-refractivity contribution < 1.29 is 28.6 Å². The van der Waals surface area contributed by atoms with Crippen LogP contribution in [0.2, 0.25) is 5.02 Å². The third-order valence-corrected chi connectivity index (χ3v) is 9.68. The van der Waals surface area contributed by atoms with Gasteiger partial charge in [0.2, 0.25) is 0 Å². The lowest BCUT2D eigenvalue weighted by molar-refractivity contribution is -0.152. The van der Waals surface area contributed by atoms with E-state index in [1.165, 1.54) is 27.7 Å². The molecule has 232 valence electrons. The molecule has 0 radical (unpaired) electrons. The number of halogens is 3. The van der Waals surface area contributed by atoms with E-state index in [9.17, 15) is 28.7 Å². The second-order valence-corrected chi connectivity index (χ2v) is 12.8. The number of amides is 2. The summed E-state index contributed by atoms with van der Waals surface area (Å²) in [6.07, 6.45) is 1.72. The fraction of sp³-hybridized carbons (Fsp3) is 0.533. The molecule has 3 heterocycles. The van der Waals surface area contributed by atoms with Crippen molar-refractivity contribution in [3.05, 3.63) is 61.8 Å². The molecular formula is C30H35Cl2FN4O6. The number of nitrogens with two attached hydrogens (primary N) is 1. The van der Waals surface area contributed by atoms with Gasteiger partial charge in [-0.2, -0.15) is 0 Å². The van der Waals surface area contributed by atoms with E-state index in [1.54, 1.807) is 11.8 Å². The van der Waals surface area contributed by atoms with E-state index in [2.05, 4.69) is 0 Å². The van der Waals surface area contributed by atoms with Crippen molar-refractivity contribution in [2.75, 3.05) is 13.1 Å². The standard InChI is InChI=1S/C30H34ClFN4O6.ClH/c1-14(2)23(33)29(41)42-15(3)12-35-27(39)24-18-7-9-34(13-16-4-5-21(32)20(31)10-16)26(38)22(18)25(37)28(40)36(24)30(35)8-6-17-11-19(17)30;/h4-5,10,14-15,17,19,23,37H,6-9,11-13,33H2,1-3H3;1H/t15-,17-,19+,23-,30+;/m0./s1. The third kappa shape index (κ3) is 4.80. The molecule has 1 aromatic carbocycles. The normalized spacial score (nSPS) is 24.9. The number of rotatable bonds is 7. The van der Waals surface area contributed by atoms with Crippen molar-refractivity contribution in [1.29, 1.82) is 0 Å². The maximum Gasteiger partial charge on any atom is 0.323 e. The molecule has 43 heavy (non-hydrogen) atoms. The summed E-state index contributed by atoms with van der Waals surface area (Å²) in [5.74, 6) is -2.57. The van der Waals surface area contributed by atoms with Gasteiger partial charge in [-0.1, -0.05) is 31.5 Å². The smallest absolute Gasteiger partial charge is 0.323 e. The Morgan fingerprint density at radius 3 is 2.56 bits per heavy atom. The Hall–Kier alpha value is -3.15. The largest absolute Gasteiger partial charge is 0.502 e. The summed E-state index contributed by atoms with van der Waals surface area (Å²) >= 11 is 5.92. The second kappa shape index (κ2) is 11.1. The summed E-state index contributed by atoms with van der Waals surface area (Å²) in [5.41, 5.74) is 5.07. The Morgan fingerprint density at radius 1 is 1.23 bits per heavy atom. The van der Waals surface area contributed by atoms with Crippen LogP contribution in [-0.4, -0.2) is 62.5 Å². The van der Waals surface area contributed by atoms with Crippen LogP contribution < -0.4 is 11.3 Å². The molecule has 2 aliphatic heterocycles. The van der Waals surface area contributed by atoms with Crippen molar-refractivity contribution in [3.8, 4) is 5.75 Å². The number of hydrogen-bond donors (Lipinski definition) is 2. The van der Waals surface area contributed by atoms with Crippen molar-refractivity contribution >= 4 is 41.8 Å². The first kappa shape index (κ1) is 31.3. The Labute approximate surface area is 259 Å². The molecule has 1 aromatic heterocycles. The van der Waals surface area contributed by atoms with Crippen LogP contribution in [0.1, 0.15) is 72.0 Å². The third-order valence-electron chi connectivity index (χ3n) is 9.39. The molecule has 5 atom stereocenters. The monoisotopic (exact) mass is 636 g/mol. The molecule has 1 spiro atoms. The first-order valence-corrected chi connectivity index (χ1v) is 14.8. The van der Waals surface area contributed by atoms with Gasteiger partial charge in [0.15, 0.2) is 5.75 Å². The molecule has 2 fully saturated rings. The quantitative estimate of drug-likeness (QED) is 0.445. The van der Waals surface area contributed by atoms with Crippen molar-refractivity contribution in [2.45, 2.75) is 70.8 Å². The number of aromatic nitrogens is 1. The second-order valence-electron chi connectivity index (χ2n) is 12.4. The summed E-state index contributed by atoms with van der Waals surface area (Å²) in [7, 11) is 0. The zero-order chi connectivity index (χ0) is 30.2. The van der Waals surface area contributed by atoms with Gasteiger partial charge >= 0.3 is 5.97 Å². The van der Waals surface area contributed by atoms with E-state index in [1.807, 2.05) is 13.8 Å². The lowest BCUT2D eigenvalue weighted by Gasteiger charge is -2.39. The van der Waals surface area contributed by atoms with Crippen LogP contribution in [-0.2, 0) is 28.2 Å². The SMILES string of the molecule is CC(C)[C@H](N)C(=O)O[C@@H](C)CN1C(=O)c2c3c(c(O)c(=O)n2[C@@]12CC[C@H]1C[C@H]12)C(=O)N(Cc1ccc(F)c(Cl)c1)CC3.Cl. The molecule has 4 aliphatic rings. The Morgan fingerprint density at radius 2 is 1.95 bits per heavy atom. The molecule has 13 heteroatoms. The van der Waals surface area contributed by atoms with Crippen LogP contribution in [0.5, 0.6) is 5.75 Å². The lowest BCUT2D eigenvalue weighted by Crippen LogP contribution is -2.53. The average Bonchev–Trinajstić information content (AvgIpc) is 3.59. The zero-order valence-electron chi connectivity index (χ0n) is 24.1. The molecule has 10 nitrogen and oxygen atoms in total. The fourth-order valence-electron chi connectivity index (χ4n) is 7.13. The van der Waals surface area contributed by atoms with Crippen LogP contribution in [0.4, 0.5) is 4.39 Å². The number of nitrogens with zero attached hydrogens (tertiary/aromatic N) is 3. The van der Waals surface area contributed by atoms with Gasteiger partial charge in [-0.05, 0) is 62.1 Å². The van der Waals surface area contributed by atoms with Gasteiger partial charge in [0.1, 0.15) is 29.3 Å². The highest BCUT2D eigenvalue weighted by molar-refractivity contribution is 6.30. The molecule has 0 saturated heterocycles. The minimum absolute atomic E-state index is 0. The topological polar surface area (TPSA) is 135 Å². The number of esters is 1. The lowest BCUT2D eigenvalue weighted by atomic mass is 9.95. The van der Waals surface area contributed by atoms with E-state index in [0.29, 0.717) is 23.5 Å². The molecular weight excluding hydrogens is 602 g/mol. The number of ether oxygens (including phenoxy) is 1. The molecule has 0 bridgehead atoms. The number of pyridine rings is 1. The predicted octanol–water partition coefficient (Wildman–Crippen LogP) is 3.42. The minimum atomic E-state index is -0.994. The molecule has 3 N–H and O–H groups in total. The van der Waals surface area contributed by atoms with Crippen LogP contribution >= 0.6 is 24.0 Å². The van der Waals surface area contributed by atoms with Gasteiger partial charge in [-0.25, -0.2) is 4.39 Å². The van der Waals surface area contributed by atoms with E-state index < -0.39 is 52.7 Å². The number of benzene rings is 1. The predicted molar refractivity (Wildman–Crippen MR) is 158 cm³/mol. The fourth-order valence-corrected chi connectivity index (χ4v) is 7.34. The van der Waals surface area contributed by atoms with E-state index in [0.717, 1.165) is 12.8 Å². The Balaban J connectivity index is 0.00000368. The molecule has 2 aliphatic carbocycles. The highest BCUT2D eigenvalue weighted by Gasteiger charge is 2.67. The number of carbonyl (C=O) groups excluding carboxylic acids is 3. The van der Waals surface area contributed by atoms with E-state index in [-0.39, 0.29) is 66.6 Å². The molecule has 0 unspecified atom stereocenters. The van der Waals surface area contributed by atoms with E-state index in [4.69, 9.17) is 22.1 Å². The maximum atomic E-state index is 14.2. The summed E-state index contributed by atoms with van der Waals surface area (Å²) in [4.78, 5) is 57.4. The van der Waals surface area contributed by atoms with Gasteiger partial charge in [-0.3, -0.25) is 23.7 Å². The Kier molecular flexibility index (Phi) is 8.07. The highest BCUT2D eigenvalue weighted by atomic mass is 35.5. The molecule has 2 saturated carbocycles. The first-order valence-electron chi connectivity index (χ1n) is 14.4.